The van der Waals surface area contributed by atoms with Gasteiger partial charge in [0.25, 0.3) is 5.56 Å². The second-order valence-electron chi connectivity index (χ2n) is 4.51. The molecule has 0 bridgehead atoms. The minimum Gasteiger partial charge on any atom is -0.334 e. The summed E-state index contributed by atoms with van der Waals surface area (Å²) in [6.07, 6.45) is 3.35. The van der Waals surface area contributed by atoms with E-state index in [1.54, 1.807) is 0 Å². The maximum atomic E-state index is 12.1. The molecule has 0 aliphatic carbocycles. The van der Waals surface area contributed by atoms with Gasteiger partial charge in [0, 0.05) is 24.7 Å². The maximum Gasteiger partial charge on any atom is 0.328 e. The van der Waals surface area contributed by atoms with E-state index in [9.17, 15) is 24.0 Å². The van der Waals surface area contributed by atoms with Crippen LogP contribution >= 0.6 is 0 Å². The third-order valence-corrected chi connectivity index (χ3v) is 2.89. The van der Waals surface area contributed by atoms with Crippen molar-refractivity contribution >= 4 is 18.5 Å². The highest BCUT2D eigenvalue weighted by atomic mass is 16.2. The lowest BCUT2D eigenvalue weighted by Crippen LogP contribution is -2.40. The van der Waals surface area contributed by atoms with Gasteiger partial charge >= 0.3 is 5.69 Å². The van der Waals surface area contributed by atoms with Gasteiger partial charge in [0.15, 0.2) is 0 Å². The Morgan fingerprint density at radius 1 is 1.33 bits per heavy atom. The second kappa shape index (κ2) is 7.93. The first-order chi connectivity index (χ1) is 9.99. The monoisotopic (exact) mass is 295 g/mol. The standard InChI is InChI=1S/C13H17N3O5/c1-10-8-16(13(21)14-12(10)20)9-11(19)15(5-7-18)4-2-3-6-17/h6-8H,2-5,9H2,1H3,(H,14,20,21). The number of hydrogen-bond acceptors (Lipinski definition) is 5. The molecular weight excluding hydrogens is 278 g/mol. The van der Waals surface area contributed by atoms with Crippen molar-refractivity contribution in [2.45, 2.75) is 26.3 Å². The van der Waals surface area contributed by atoms with Crippen LogP contribution in [0, 0.1) is 6.92 Å². The second-order valence-corrected chi connectivity index (χ2v) is 4.51. The number of nitrogens with zero attached hydrogens (tertiary/aromatic N) is 2. The zero-order valence-corrected chi connectivity index (χ0v) is 11.7. The number of H-pyrrole nitrogens is 1. The molecule has 0 atom stereocenters. The zero-order valence-electron chi connectivity index (χ0n) is 11.7. The lowest BCUT2D eigenvalue weighted by molar-refractivity contribution is -0.134. The highest BCUT2D eigenvalue weighted by Crippen LogP contribution is 1.97. The minimum absolute atomic E-state index is 0.102. The molecule has 0 spiro atoms. The van der Waals surface area contributed by atoms with Crippen LogP contribution in [-0.4, -0.2) is 46.0 Å². The molecule has 0 saturated heterocycles. The largest absolute Gasteiger partial charge is 0.334 e. The number of carbonyl (C=O) groups is 3. The van der Waals surface area contributed by atoms with Gasteiger partial charge in [-0.3, -0.25) is 19.1 Å². The van der Waals surface area contributed by atoms with E-state index in [0.29, 0.717) is 24.7 Å². The van der Waals surface area contributed by atoms with E-state index in [-0.39, 0.29) is 19.6 Å². The van der Waals surface area contributed by atoms with Gasteiger partial charge in [0.2, 0.25) is 5.91 Å². The molecule has 0 saturated carbocycles. The number of rotatable bonds is 8. The predicted octanol–water partition coefficient (Wildman–Crippen LogP) is -1.15. The van der Waals surface area contributed by atoms with E-state index in [2.05, 4.69) is 4.98 Å². The van der Waals surface area contributed by atoms with Gasteiger partial charge in [0.1, 0.15) is 19.1 Å². The molecule has 1 amide bonds. The maximum absolute atomic E-state index is 12.1. The van der Waals surface area contributed by atoms with E-state index in [0.717, 1.165) is 10.9 Å². The number of nitrogens with one attached hydrogen (secondary N) is 1. The van der Waals surface area contributed by atoms with E-state index < -0.39 is 17.2 Å². The van der Waals surface area contributed by atoms with Crippen molar-refractivity contribution < 1.29 is 14.4 Å². The van der Waals surface area contributed by atoms with Gasteiger partial charge < -0.3 is 14.5 Å². The fourth-order valence-corrected chi connectivity index (χ4v) is 1.75. The highest BCUT2D eigenvalue weighted by molar-refractivity contribution is 5.78. The average Bonchev–Trinajstić information content (AvgIpc) is 2.44. The summed E-state index contributed by atoms with van der Waals surface area (Å²) in [6.45, 7) is 1.40. The average molecular weight is 295 g/mol. The Hall–Kier alpha value is -2.51. The number of amides is 1. The summed E-state index contributed by atoms with van der Waals surface area (Å²) in [7, 11) is 0. The molecule has 1 rings (SSSR count). The Kier molecular flexibility index (Phi) is 6.25. The van der Waals surface area contributed by atoms with Crippen LogP contribution in [0.5, 0.6) is 0 Å². The first-order valence-electron chi connectivity index (χ1n) is 6.45. The van der Waals surface area contributed by atoms with Crippen molar-refractivity contribution in [3.63, 3.8) is 0 Å². The first-order valence-corrected chi connectivity index (χ1v) is 6.45. The lowest BCUT2D eigenvalue weighted by atomic mass is 10.3. The van der Waals surface area contributed by atoms with Crippen LogP contribution in [-0.2, 0) is 20.9 Å². The molecule has 0 fully saturated rings. The molecule has 1 N–H and O–H groups in total. The summed E-state index contributed by atoms with van der Waals surface area (Å²) in [6, 6.07) is 0. The van der Waals surface area contributed by atoms with Gasteiger partial charge in [-0.2, -0.15) is 0 Å². The normalized spacial score (nSPS) is 10.1. The summed E-state index contributed by atoms with van der Waals surface area (Å²) in [5, 5.41) is 0. The fourth-order valence-electron chi connectivity index (χ4n) is 1.75. The molecule has 1 heterocycles. The van der Waals surface area contributed by atoms with Gasteiger partial charge in [-0.05, 0) is 13.3 Å². The van der Waals surface area contributed by atoms with E-state index in [1.165, 1.54) is 18.0 Å². The minimum atomic E-state index is -0.683. The molecule has 0 radical (unpaired) electrons. The number of unbranched alkanes of at least 4 members (excludes halogenated alkanes) is 1. The van der Waals surface area contributed by atoms with E-state index in [4.69, 9.17) is 0 Å². The summed E-state index contributed by atoms with van der Waals surface area (Å²) in [5.41, 5.74) is -0.873. The molecule has 0 aliphatic heterocycles. The highest BCUT2D eigenvalue weighted by Gasteiger charge is 2.14. The van der Waals surface area contributed by atoms with E-state index >= 15 is 0 Å². The SMILES string of the molecule is Cc1cn(CC(=O)N(CC=O)CCCC=O)c(=O)[nH]c1=O. The molecular formula is C13H17N3O5. The van der Waals surface area contributed by atoms with Crippen molar-refractivity contribution in [1.29, 1.82) is 0 Å². The number of aryl methyl sites for hydroxylation is 1. The van der Waals surface area contributed by atoms with Crippen LogP contribution in [0.2, 0.25) is 0 Å². The van der Waals surface area contributed by atoms with Crippen molar-refractivity contribution in [3.05, 3.63) is 32.6 Å². The molecule has 8 nitrogen and oxygen atoms in total. The zero-order chi connectivity index (χ0) is 15.8. The lowest BCUT2D eigenvalue weighted by Gasteiger charge is -2.20. The number of aromatic nitrogens is 2. The molecule has 0 aliphatic rings. The van der Waals surface area contributed by atoms with Crippen LogP contribution < -0.4 is 11.2 Å². The van der Waals surface area contributed by atoms with Crippen LogP contribution in [0.4, 0.5) is 0 Å². The van der Waals surface area contributed by atoms with Crippen molar-refractivity contribution in [2.24, 2.45) is 0 Å². The smallest absolute Gasteiger partial charge is 0.328 e. The van der Waals surface area contributed by atoms with Crippen LogP contribution in [0.3, 0.4) is 0 Å². The Morgan fingerprint density at radius 2 is 2.05 bits per heavy atom. The van der Waals surface area contributed by atoms with Crippen LogP contribution in [0.25, 0.3) is 0 Å². The number of carbonyl (C=O) groups excluding carboxylic acids is 3. The van der Waals surface area contributed by atoms with Crippen molar-refractivity contribution in [3.8, 4) is 0 Å². The van der Waals surface area contributed by atoms with Gasteiger partial charge in [-0.15, -0.1) is 0 Å². The predicted molar refractivity (Wildman–Crippen MR) is 74.0 cm³/mol. The van der Waals surface area contributed by atoms with Crippen LogP contribution in [0.15, 0.2) is 15.8 Å². The molecule has 1 aromatic heterocycles. The summed E-state index contributed by atoms with van der Waals surface area (Å²) >= 11 is 0. The quantitative estimate of drug-likeness (QED) is 0.481. The fraction of sp³-hybridized carbons (Fsp3) is 0.462. The van der Waals surface area contributed by atoms with Gasteiger partial charge in [-0.25, -0.2) is 4.79 Å². The number of aromatic amines is 1. The Bertz CT molecular complexity index is 631. The Morgan fingerprint density at radius 3 is 2.67 bits per heavy atom. The third-order valence-electron chi connectivity index (χ3n) is 2.89. The van der Waals surface area contributed by atoms with Crippen molar-refractivity contribution in [2.75, 3.05) is 13.1 Å². The van der Waals surface area contributed by atoms with Crippen LogP contribution in [0.1, 0.15) is 18.4 Å². The summed E-state index contributed by atoms with van der Waals surface area (Å²) < 4.78 is 1.08. The molecule has 1 aromatic rings. The van der Waals surface area contributed by atoms with Gasteiger partial charge in [0.05, 0.1) is 6.54 Å². The molecule has 8 heteroatoms. The molecule has 0 aromatic carbocycles. The van der Waals surface area contributed by atoms with Crippen molar-refractivity contribution in [1.82, 2.24) is 14.5 Å². The van der Waals surface area contributed by atoms with Gasteiger partial charge in [-0.1, -0.05) is 0 Å². The topological polar surface area (TPSA) is 109 Å². The summed E-state index contributed by atoms with van der Waals surface area (Å²) in [5.74, 6) is -0.429. The Balaban J connectivity index is 2.83. The Labute approximate surface area is 120 Å². The number of hydrogen-bond donors (Lipinski definition) is 1. The molecule has 21 heavy (non-hydrogen) atoms. The van der Waals surface area contributed by atoms with E-state index in [1.807, 2.05) is 0 Å². The molecule has 114 valence electrons. The third kappa shape index (κ3) is 4.83. The summed E-state index contributed by atoms with van der Waals surface area (Å²) in [4.78, 5) is 59.1. The number of aldehydes is 2. The molecule has 0 unspecified atom stereocenters. The first kappa shape index (κ1) is 16.5.